The van der Waals surface area contributed by atoms with E-state index in [1.165, 1.54) is 5.56 Å². The zero-order valence-electron chi connectivity index (χ0n) is 13.0. The van der Waals surface area contributed by atoms with Gasteiger partial charge in [-0.3, -0.25) is 4.79 Å². The number of carbonyl (C=O) groups is 1. The van der Waals surface area contributed by atoms with Crippen LogP contribution >= 0.6 is 27.5 Å². The number of hydrogen-bond acceptors (Lipinski definition) is 3. The first kappa shape index (κ1) is 17.6. The third kappa shape index (κ3) is 5.15. The van der Waals surface area contributed by atoms with Crippen molar-refractivity contribution < 1.29 is 9.53 Å². The molecule has 2 rings (SSSR count). The summed E-state index contributed by atoms with van der Waals surface area (Å²) in [5, 5.41) is 6.50. The second-order valence-electron chi connectivity index (χ2n) is 5.04. The summed E-state index contributed by atoms with van der Waals surface area (Å²) in [5.41, 5.74) is 2.80. The van der Waals surface area contributed by atoms with Crippen molar-refractivity contribution in [2.75, 3.05) is 24.3 Å². The molecule has 0 unspecified atom stereocenters. The van der Waals surface area contributed by atoms with Gasteiger partial charge in [-0.15, -0.1) is 0 Å². The van der Waals surface area contributed by atoms with Crippen LogP contribution in [0.25, 0.3) is 0 Å². The lowest BCUT2D eigenvalue weighted by Crippen LogP contribution is -2.16. The zero-order chi connectivity index (χ0) is 16.8. The molecule has 4 nitrogen and oxygen atoms in total. The summed E-state index contributed by atoms with van der Waals surface area (Å²) >= 11 is 9.52. The predicted octanol–water partition coefficient (Wildman–Crippen LogP) is 4.86. The average Bonchev–Trinajstić information content (AvgIpc) is 2.51. The van der Waals surface area contributed by atoms with Gasteiger partial charge in [0.1, 0.15) is 5.75 Å². The van der Waals surface area contributed by atoms with Gasteiger partial charge in [-0.25, -0.2) is 0 Å². The lowest BCUT2D eigenvalue weighted by atomic mass is 10.2. The van der Waals surface area contributed by atoms with E-state index in [0.29, 0.717) is 29.4 Å². The SMILES string of the molecule is COc1ccc(NC(=O)CCNc2ccc(C)c(Br)c2)cc1Cl. The summed E-state index contributed by atoms with van der Waals surface area (Å²) in [6, 6.07) is 11.2. The molecule has 0 atom stereocenters. The van der Waals surface area contributed by atoms with E-state index in [1.807, 2.05) is 25.1 Å². The molecule has 0 heterocycles. The van der Waals surface area contributed by atoms with Crippen LogP contribution < -0.4 is 15.4 Å². The predicted molar refractivity (Wildman–Crippen MR) is 98.6 cm³/mol. The Morgan fingerprint density at radius 1 is 1.22 bits per heavy atom. The summed E-state index contributed by atoms with van der Waals surface area (Å²) in [6.45, 7) is 2.58. The normalized spacial score (nSPS) is 10.3. The van der Waals surface area contributed by atoms with Crippen LogP contribution in [0, 0.1) is 6.92 Å². The maximum atomic E-state index is 12.0. The van der Waals surface area contributed by atoms with Crippen molar-refractivity contribution in [3.63, 3.8) is 0 Å². The number of nitrogens with one attached hydrogen (secondary N) is 2. The van der Waals surface area contributed by atoms with Gasteiger partial charge in [-0.2, -0.15) is 0 Å². The van der Waals surface area contributed by atoms with E-state index in [4.69, 9.17) is 16.3 Å². The summed E-state index contributed by atoms with van der Waals surface area (Å²) in [7, 11) is 1.55. The van der Waals surface area contributed by atoms with Crippen molar-refractivity contribution in [1.29, 1.82) is 0 Å². The summed E-state index contributed by atoms with van der Waals surface area (Å²) < 4.78 is 6.12. The fraction of sp³-hybridized carbons (Fsp3) is 0.235. The molecule has 2 aromatic rings. The fourth-order valence-corrected chi connectivity index (χ4v) is 2.63. The molecule has 0 saturated carbocycles. The highest BCUT2D eigenvalue weighted by molar-refractivity contribution is 9.10. The number of halogens is 2. The maximum Gasteiger partial charge on any atom is 0.226 e. The molecule has 0 spiro atoms. The third-order valence-corrected chi connectivity index (χ3v) is 4.44. The van der Waals surface area contributed by atoms with Crippen molar-refractivity contribution in [2.24, 2.45) is 0 Å². The van der Waals surface area contributed by atoms with Gasteiger partial charge >= 0.3 is 0 Å². The van der Waals surface area contributed by atoms with Gasteiger partial charge < -0.3 is 15.4 Å². The highest BCUT2D eigenvalue weighted by Gasteiger charge is 2.06. The van der Waals surface area contributed by atoms with Gasteiger partial charge in [0.2, 0.25) is 5.91 Å². The van der Waals surface area contributed by atoms with E-state index < -0.39 is 0 Å². The van der Waals surface area contributed by atoms with Crippen LogP contribution in [0.15, 0.2) is 40.9 Å². The Hall–Kier alpha value is -1.72. The molecule has 0 aliphatic carbocycles. The topological polar surface area (TPSA) is 50.4 Å². The lowest BCUT2D eigenvalue weighted by Gasteiger charge is -2.10. The number of ether oxygens (including phenoxy) is 1. The molecule has 0 bridgehead atoms. The van der Waals surface area contributed by atoms with Gasteiger partial charge in [0.15, 0.2) is 0 Å². The van der Waals surface area contributed by atoms with Crippen LogP contribution in [0.4, 0.5) is 11.4 Å². The first-order valence-electron chi connectivity index (χ1n) is 7.13. The van der Waals surface area contributed by atoms with Crippen molar-refractivity contribution in [3.05, 3.63) is 51.5 Å². The van der Waals surface area contributed by atoms with Gasteiger partial charge in [-0.05, 0) is 42.8 Å². The number of rotatable bonds is 6. The van der Waals surface area contributed by atoms with Crippen molar-refractivity contribution >= 4 is 44.8 Å². The summed E-state index contributed by atoms with van der Waals surface area (Å²) in [6.07, 6.45) is 0.356. The smallest absolute Gasteiger partial charge is 0.226 e. The minimum Gasteiger partial charge on any atom is -0.495 e. The first-order chi connectivity index (χ1) is 11.0. The molecule has 1 amide bonds. The number of aryl methyl sites for hydroxylation is 1. The Labute approximate surface area is 149 Å². The number of benzene rings is 2. The molecule has 2 aromatic carbocycles. The molecule has 0 saturated heterocycles. The fourth-order valence-electron chi connectivity index (χ4n) is 1.99. The summed E-state index contributed by atoms with van der Waals surface area (Å²) in [4.78, 5) is 12.0. The van der Waals surface area contributed by atoms with Gasteiger partial charge in [0.05, 0.1) is 12.1 Å². The van der Waals surface area contributed by atoms with E-state index in [0.717, 1.165) is 10.2 Å². The first-order valence-corrected chi connectivity index (χ1v) is 8.30. The molecule has 122 valence electrons. The van der Waals surface area contributed by atoms with Crippen LogP contribution in [-0.2, 0) is 4.79 Å². The number of hydrogen-bond donors (Lipinski definition) is 2. The zero-order valence-corrected chi connectivity index (χ0v) is 15.3. The molecule has 23 heavy (non-hydrogen) atoms. The number of carbonyl (C=O) groups excluding carboxylic acids is 1. The number of methoxy groups -OCH3 is 1. The monoisotopic (exact) mass is 396 g/mol. The molecule has 0 aliphatic rings. The Balaban J connectivity index is 1.83. The van der Waals surface area contributed by atoms with Crippen molar-refractivity contribution in [3.8, 4) is 5.75 Å². The van der Waals surface area contributed by atoms with E-state index in [-0.39, 0.29) is 5.91 Å². The van der Waals surface area contributed by atoms with Crippen LogP contribution in [0.1, 0.15) is 12.0 Å². The van der Waals surface area contributed by atoms with E-state index >= 15 is 0 Å². The van der Waals surface area contributed by atoms with E-state index in [2.05, 4.69) is 26.6 Å². The number of amides is 1. The molecular formula is C17H18BrClN2O2. The minimum atomic E-state index is -0.0788. The van der Waals surface area contributed by atoms with E-state index in [1.54, 1.807) is 25.3 Å². The standard InChI is InChI=1S/C17H18BrClN2O2/c1-11-3-4-12(9-14(11)18)20-8-7-17(22)21-13-5-6-16(23-2)15(19)10-13/h3-6,9-10,20H,7-8H2,1-2H3,(H,21,22). The maximum absolute atomic E-state index is 12.0. The van der Waals surface area contributed by atoms with Crippen molar-refractivity contribution in [2.45, 2.75) is 13.3 Å². The van der Waals surface area contributed by atoms with Crippen molar-refractivity contribution in [1.82, 2.24) is 0 Å². The van der Waals surface area contributed by atoms with Gasteiger partial charge in [-0.1, -0.05) is 33.6 Å². The third-order valence-electron chi connectivity index (χ3n) is 3.29. The molecule has 6 heteroatoms. The number of anilines is 2. The second-order valence-corrected chi connectivity index (χ2v) is 6.30. The molecule has 2 N–H and O–H groups in total. The van der Waals surface area contributed by atoms with Crippen LogP contribution in [-0.4, -0.2) is 19.6 Å². The van der Waals surface area contributed by atoms with Gasteiger partial charge in [0, 0.05) is 28.8 Å². The largest absolute Gasteiger partial charge is 0.495 e. The summed E-state index contributed by atoms with van der Waals surface area (Å²) in [5.74, 6) is 0.501. The second kappa shape index (κ2) is 8.22. The van der Waals surface area contributed by atoms with E-state index in [9.17, 15) is 4.79 Å². The Morgan fingerprint density at radius 3 is 2.61 bits per heavy atom. The Kier molecular flexibility index (Phi) is 6.30. The quantitative estimate of drug-likeness (QED) is 0.732. The van der Waals surface area contributed by atoms with Gasteiger partial charge in [0.25, 0.3) is 0 Å². The Bertz CT molecular complexity index is 707. The minimum absolute atomic E-state index is 0.0788. The van der Waals surface area contributed by atoms with Crippen LogP contribution in [0.2, 0.25) is 5.02 Å². The Morgan fingerprint density at radius 2 is 1.96 bits per heavy atom. The highest BCUT2D eigenvalue weighted by Crippen LogP contribution is 2.27. The highest BCUT2D eigenvalue weighted by atomic mass is 79.9. The molecule has 0 aliphatic heterocycles. The molecular weight excluding hydrogens is 380 g/mol. The molecule has 0 radical (unpaired) electrons. The molecule has 0 aromatic heterocycles. The molecule has 0 fully saturated rings. The average molecular weight is 398 g/mol. The van der Waals surface area contributed by atoms with Crippen LogP contribution in [0.5, 0.6) is 5.75 Å². The van der Waals surface area contributed by atoms with Crippen LogP contribution in [0.3, 0.4) is 0 Å². The lowest BCUT2D eigenvalue weighted by molar-refractivity contribution is -0.115.